The standard InChI is InChI=1S/C25H26N4O3S/c1-3-33-25-26-23-22(27-28-25)20-10-6-7-11-21(20)29(16(2)30)24(32-23)17-12-14-19(15-13-17)31-18-8-4-5-9-18/h6-7,10-15,18,24H,3-5,8-9H2,1-2H3. The zero-order valence-electron chi connectivity index (χ0n) is 18.7. The van der Waals surface area contributed by atoms with E-state index in [0.29, 0.717) is 22.4 Å². The molecule has 1 aliphatic carbocycles. The number of carbonyl (C=O) groups excluding carboxylic acids is 1. The largest absolute Gasteiger partial charge is 0.490 e. The van der Waals surface area contributed by atoms with E-state index in [1.807, 2.05) is 55.5 Å². The molecule has 2 heterocycles. The molecule has 0 spiro atoms. The van der Waals surface area contributed by atoms with Crippen LogP contribution in [0.5, 0.6) is 11.6 Å². The zero-order valence-corrected chi connectivity index (χ0v) is 19.5. The number of nitrogens with zero attached hydrogens (tertiary/aromatic N) is 4. The number of carbonyl (C=O) groups is 1. The van der Waals surface area contributed by atoms with Crippen LogP contribution in [0.3, 0.4) is 0 Å². The Balaban J connectivity index is 1.56. The highest BCUT2D eigenvalue weighted by molar-refractivity contribution is 7.99. The SMILES string of the molecule is CCSc1nnc2c(n1)OC(c1ccc(OC3CCCC3)cc1)N(C(C)=O)c1ccccc1-2. The smallest absolute Gasteiger partial charge is 0.247 e. The fourth-order valence-electron chi connectivity index (χ4n) is 4.37. The van der Waals surface area contributed by atoms with E-state index in [9.17, 15) is 4.79 Å². The fraction of sp³-hybridized carbons (Fsp3) is 0.360. The molecule has 3 aromatic rings. The Hall–Kier alpha value is -3.13. The molecule has 0 bridgehead atoms. The third-order valence-corrected chi connectivity index (χ3v) is 6.61. The Morgan fingerprint density at radius 2 is 1.88 bits per heavy atom. The number of ether oxygens (including phenoxy) is 2. The summed E-state index contributed by atoms with van der Waals surface area (Å²) in [5.74, 6) is 1.89. The first-order valence-electron chi connectivity index (χ1n) is 11.3. The lowest BCUT2D eigenvalue weighted by Crippen LogP contribution is -2.36. The summed E-state index contributed by atoms with van der Waals surface area (Å²) in [6.07, 6.45) is 4.24. The van der Waals surface area contributed by atoms with Crippen LogP contribution in [0.15, 0.2) is 53.7 Å². The summed E-state index contributed by atoms with van der Waals surface area (Å²) in [5, 5.41) is 9.21. The number of hydrogen-bond acceptors (Lipinski definition) is 7. The lowest BCUT2D eigenvalue weighted by Gasteiger charge is -2.30. The Morgan fingerprint density at radius 3 is 2.61 bits per heavy atom. The first kappa shape index (κ1) is 21.7. The van der Waals surface area contributed by atoms with Gasteiger partial charge >= 0.3 is 0 Å². The van der Waals surface area contributed by atoms with E-state index in [0.717, 1.165) is 35.5 Å². The van der Waals surface area contributed by atoms with Crippen molar-refractivity contribution in [2.24, 2.45) is 0 Å². The molecule has 170 valence electrons. The van der Waals surface area contributed by atoms with Gasteiger partial charge in [0.05, 0.1) is 11.8 Å². The van der Waals surface area contributed by atoms with E-state index in [4.69, 9.17) is 9.47 Å². The first-order chi connectivity index (χ1) is 16.1. The number of anilines is 1. The summed E-state index contributed by atoms with van der Waals surface area (Å²) in [5.41, 5.74) is 2.84. The summed E-state index contributed by atoms with van der Waals surface area (Å²) in [4.78, 5) is 19.1. The molecule has 2 aromatic carbocycles. The van der Waals surface area contributed by atoms with E-state index >= 15 is 0 Å². The summed E-state index contributed by atoms with van der Waals surface area (Å²) < 4.78 is 12.5. The summed E-state index contributed by atoms with van der Waals surface area (Å²) in [7, 11) is 0. The van der Waals surface area contributed by atoms with Crippen LogP contribution >= 0.6 is 11.8 Å². The van der Waals surface area contributed by atoms with Gasteiger partial charge in [0.2, 0.25) is 23.2 Å². The molecule has 33 heavy (non-hydrogen) atoms. The molecule has 0 radical (unpaired) electrons. The molecular weight excluding hydrogens is 436 g/mol. The monoisotopic (exact) mass is 462 g/mol. The maximum Gasteiger partial charge on any atom is 0.247 e. The molecule has 1 unspecified atom stereocenters. The second kappa shape index (κ2) is 9.39. The van der Waals surface area contributed by atoms with Gasteiger partial charge in [-0.2, -0.15) is 4.98 Å². The van der Waals surface area contributed by atoms with E-state index in [2.05, 4.69) is 15.2 Å². The molecule has 1 fully saturated rings. The third kappa shape index (κ3) is 4.39. The Kier molecular flexibility index (Phi) is 6.17. The van der Waals surface area contributed by atoms with Crippen molar-refractivity contribution in [1.82, 2.24) is 15.2 Å². The Morgan fingerprint density at radius 1 is 1.12 bits per heavy atom. The van der Waals surface area contributed by atoms with Crippen molar-refractivity contribution in [3.05, 3.63) is 54.1 Å². The van der Waals surface area contributed by atoms with Crippen molar-refractivity contribution in [3.8, 4) is 22.9 Å². The molecule has 0 saturated heterocycles. The topological polar surface area (TPSA) is 77.4 Å². The number of aromatic nitrogens is 3. The van der Waals surface area contributed by atoms with Crippen LogP contribution in [0, 0.1) is 0 Å². The molecule has 5 rings (SSSR count). The van der Waals surface area contributed by atoms with Crippen molar-refractivity contribution in [1.29, 1.82) is 0 Å². The van der Waals surface area contributed by atoms with Crippen LogP contribution in [0.1, 0.15) is 51.3 Å². The number of amides is 1. The molecule has 0 N–H and O–H groups in total. The molecular formula is C25H26N4O3S. The van der Waals surface area contributed by atoms with Gasteiger partial charge in [0.15, 0.2) is 5.69 Å². The van der Waals surface area contributed by atoms with E-state index in [1.54, 1.807) is 4.90 Å². The highest BCUT2D eigenvalue weighted by Crippen LogP contribution is 2.43. The minimum atomic E-state index is -0.693. The number of thioether (sulfide) groups is 1. The maximum atomic E-state index is 12.9. The van der Waals surface area contributed by atoms with Gasteiger partial charge in [-0.15, -0.1) is 10.2 Å². The number of benzene rings is 2. The summed E-state index contributed by atoms with van der Waals surface area (Å²) in [6, 6.07) is 15.4. The van der Waals surface area contributed by atoms with Gasteiger partial charge in [-0.1, -0.05) is 36.9 Å². The summed E-state index contributed by atoms with van der Waals surface area (Å²) >= 11 is 1.50. The van der Waals surface area contributed by atoms with Gasteiger partial charge in [-0.3, -0.25) is 9.69 Å². The van der Waals surface area contributed by atoms with Gasteiger partial charge in [-0.05, 0) is 61.8 Å². The van der Waals surface area contributed by atoms with E-state index < -0.39 is 6.23 Å². The van der Waals surface area contributed by atoms with Crippen LogP contribution in [0.4, 0.5) is 5.69 Å². The highest BCUT2D eigenvalue weighted by atomic mass is 32.2. The average Bonchev–Trinajstić information content (AvgIpc) is 3.28. The predicted molar refractivity (Wildman–Crippen MR) is 128 cm³/mol. The average molecular weight is 463 g/mol. The molecule has 1 aromatic heterocycles. The van der Waals surface area contributed by atoms with Gasteiger partial charge in [0.1, 0.15) is 5.75 Å². The van der Waals surface area contributed by atoms with Crippen LogP contribution in [0.2, 0.25) is 0 Å². The second-order valence-corrected chi connectivity index (χ2v) is 9.38. The zero-order chi connectivity index (χ0) is 22.8. The van der Waals surface area contributed by atoms with Crippen molar-refractivity contribution in [2.75, 3.05) is 10.7 Å². The van der Waals surface area contributed by atoms with Crippen LogP contribution in [-0.2, 0) is 4.79 Å². The van der Waals surface area contributed by atoms with E-state index in [-0.39, 0.29) is 12.0 Å². The van der Waals surface area contributed by atoms with Crippen molar-refractivity contribution >= 4 is 23.4 Å². The van der Waals surface area contributed by atoms with E-state index in [1.165, 1.54) is 31.5 Å². The molecule has 8 heteroatoms. The van der Waals surface area contributed by atoms with Crippen molar-refractivity contribution in [2.45, 2.75) is 57.0 Å². The lowest BCUT2D eigenvalue weighted by molar-refractivity contribution is -0.118. The molecule has 2 aliphatic rings. The van der Waals surface area contributed by atoms with Crippen molar-refractivity contribution in [3.63, 3.8) is 0 Å². The molecule has 1 amide bonds. The number of rotatable bonds is 5. The number of hydrogen-bond donors (Lipinski definition) is 0. The Labute approximate surface area is 197 Å². The van der Waals surface area contributed by atoms with Crippen LogP contribution in [0.25, 0.3) is 11.3 Å². The summed E-state index contributed by atoms with van der Waals surface area (Å²) in [6.45, 7) is 3.57. The van der Waals surface area contributed by atoms with Gasteiger partial charge in [0.25, 0.3) is 0 Å². The van der Waals surface area contributed by atoms with Gasteiger partial charge in [-0.25, -0.2) is 0 Å². The predicted octanol–water partition coefficient (Wildman–Crippen LogP) is 5.42. The number of fused-ring (bicyclic) bond motifs is 3. The fourth-order valence-corrected chi connectivity index (χ4v) is 4.87. The maximum absolute atomic E-state index is 12.9. The Bertz CT molecular complexity index is 1150. The minimum Gasteiger partial charge on any atom is -0.490 e. The normalized spacial score (nSPS) is 17.6. The molecule has 1 aliphatic heterocycles. The quantitative estimate of drug-likeness (QED) is 0.469. The molecule has 1 atom stereocenters. The molecule has 1 saturated carbocycles. The second-order valence-electron chi connectivity index (χ2n) is 8.15. The number of para-hydroxylation sites is 1. The molecule has 7 nitrogen and oxygen atoms in total. The van der Waals surface area contributed by atoms with Gasteiger partial charge in [0, 0.05) is 18.1 Å². The van der Waals surface area contributed by atoms with Crippen LogP contribution < -0.4 is 14.4 Å². The third-order valence-electron chi connectivity index (χ3n) is 5.89. The minimum absolute atomic E-state index is 0.136. The van der Waals surface area contributed by atoms with Crippen LogP contribution in [-0.4, -0.2) is 32.9 Å². The first-order valence-corrected chi connectivity index (χ1v) is 12.3. The van der Waals surface area contributed by atoms with Crippen molar-refractivity contribution < 1.29 is 14.3 Å². The van der Waals surface area contributed by atoms with Gasteiger partial charge < -0.3 is 9.47 Å². The highest BCUT2D eigenvalue weighted by Gasteiger charge is 2.34. The lowest BCUT2D eigenvalue weighted by atomic mass is 10.1.